The van der Waals surface area contributed by atoms with Gasteiger partial charge in [-0.1, -0.05) is 84.0 Å². The van der Waals surface area contributed by atoms with Crippen molar-refractivity contribution in [2.45, 2.75) is 40.5 Å². The molecular weight excluding hydrogens is 765 g/mol. The van der Waals surface area contributed by atoms with E-state index in [1.807, 2.05) is 0 Å². The van der Waals surface area contributed by atoms with Crippen molar-refractivity contribution < 1.29 is 51.4 Å². The summed E-state index contributed by atoms with van der Waals surface area (Å²) in [5.41, 5.74) is -2.55. The SMILES string of the molecule is O=C(OC[C@H]1O[C@@H](N2c3c(Cl)cccc3Sc3cc([N+](=O)[O-])cc(C(F)(F)F)c32)[C@H](OC(=O)c2ccccc2)[C@@H]1OC(=O)c1ccccc1)c1ccccc1. The van der Waals surface area contributed by atoms with Crippen LogP contribution in [0, 0.1) is 10.1 Å². The highest BCUT2D eigenvalue weighted by atomic mass is 35.5. The van der Waals surface area contributed by atoms with Gasteiger partial charge in [0.2, 0.25) is 0 Å². The number of halogens is 4. The molecule has 1 fully saturated rings. The standard InChI is InChI=1S/C39H26ClF3N2O9S/c40-27-17-10-18-29-32(27)44(31-26(39(41,42)43)19-25(45(49)50)20-30(31)55-29)35-34(54-38(48)24-15-8-3-9-16-24)33(53-37(47)23-13-6-2-7-14-23)28(52-35)21-51-36(46)22-11-4-1-5-12-22/h1-20,28,33-35H,21H2/t28-,33-,34-,35-/m1/s1. The maximum Gasteiger partial charge on any atom is 0.418 e. The molecule has 7 rings (SSSR count). The Morgan fingerprint density at radius 3 is 1.84 bits per heavy atom. The summed E-state index contributed by atoms with van der Waals surface area (Å²) in [6, 6.07) is 29.2. The van der Waals surface area contributed by atoms with Crippen LogP contribution in [0.15, 0.2) is 131 Å². The number of non-ortho nitro benzene ring substituents is 1. The third-order valence-electron chi connectivity index (χ3n) is 8.66. The zero-order chi connectivity index (χ0) is 38.9. The number of carbonyl (C=O) groups excluding carboxylic acids is 3. The Kier molecular flexibility index (Phi) is 10.5. The zero-order valence-corrected chi connectivity index (χ0v) is 29.6. The van der Waals surface area contributed by atoms with Crippen LogP contribution in [-0.4, -0.2) is 54.0 Å². The maximum absolute atomic E-state index is 15.0. The van der Waals surface area contributed by atoms with Crippen LogP contribution in [0.25, 0.3) is 0 Å². The van der Waals surface area contributed by atoms with E-state index in [1.165, 1.54) is 48.5 Å². The number of hydrogen-bond donors (Lipinski definition) is 0. The molecular formula is C39H26ClF3N2O9S. The highest BCUT2D eigenvalue weighted by Crippen LogP contribution is 2.57. The Balaban J connectivity index is 1.40. The number of nitro benzene ring substituents is 1. The second-order valence-corrected chi connectivity index (χ2v) is 13.6. The summed E-state index contributed by atoms with van der Waals surface area (Å²) in [7, 11) is 0. The highest BCUT2D eigenvalue weighted by molar-refractivity contribution is 7.99. The summed E-state index contributed by atoms with van der Waals surface area (Å²) in [5, 5.41) is 11.8. The monoisotopic (exact) mass is 790 g/mol. The quantitative estimate of drug-likeness (QED) is 0.0613. The Morgan fingerprint density at radius 1 is 0.745 bits per heavy atom. The fourth-order valence-electron chi connectivity index (χ4n) is 6.20. The Labute approximate surface area is 319 Å². The van der Waals surface area contributed by atoms with Gasteiger partial charge in [-0.2, -0.15) is 13.2 Å². The fraction of sp³-hybridized carbons (Fsp3) is 0.154. The number of esters is 3. The Hall–Kier alpha value is -5.90. The van der Waals surface area contributed by atoms with Crippen LogP contribution in [0.5, 0.6) is 0 Å². The van der Waals surface area contributed by atoms with Crippen LogP contribution in [0.1, 0.15) is 36.6 Å². The molecule has 0 amide bonds. The van der Waals surface area contributed by atoms with Gasteiger partial charge in [0.05, 0.1) is 43.6 Å². The van der Waals surface area contributed by atoms with Gasteiger partial charge in [-0.25, -0.2) is 14.4 Å². The van der Waals surface area contributed by atoms with E-state index < -0.39 is 77.1 Å². The molecule has 0 spiro atoms. The number of nitrogens with zero attached hydrogens (tertiary/aromatic N) is 2. The number of rotatable bonds is 9. The molecule has 0 N–H and O–H groups in total. The third kappa shape index (κ3) is 7.72. The third-order valence-corrected chi connectivity index (χ3v) is 10.0. The normalized spacial score (nSPS) is 18.8. The predicted octanol–water partition coefficient (Wildman–Crippen LogP) is 8.90. The van der Waals surface area contributed by atoms with Crippen LogP contribution in [-0.2, 0) is 25.1 Å². The molecule has 1 saturated heterocycles. The van der Waals surface area contributed by atoms with Crippen LogP contribution in [0.4, 0.5) is 30.2 Å². The largest absolute Gasteiger partial charge is 0.459 e. The molecule has 280 valence electrons. The predicted molar refractivity (Wildman–Crippen MR) is 192 cm³/mol. The van der Waals surface area contributed by atoms with E-state index in [1.54, 1.807) is 60.7 Å². The minimum Gasteiger partial charge on any atom is -0.459 e. The Bertz CT molecular complexity index is 2270. The number of fused-ring (bicyclic) bond motifs is 2. The Morgan fingerprint density at radius 2 is 1.29 bits per heavy atom. The molecule has 2 heterocycles. The van der Waals surface area contributed by atoms with E-state index in [2.05, 4.69) is 0 Å². The van der Waals surface area contributed by atoms with Gasteiger partial charge in [0, 0.05) is 21.9 Å². The van der Waals surface area contributed by atoms with Crippen molar-refractivity contribution in [1.82, 2.24) is 0 Å². The molecule has 0 aliphatic carbocycles. The fourth-order valence-corrected chi connectivity index (χ4v) is 7.70. The molecule has 16 heteroatoms. The van der Waals surface area contributed by atoms with Crippen LogP contribution >= 0.6 is 23.4 Å². The minimum absolute atomic E-state index is 0.0122. The number of alkyl halides is 3. The number of hydrogen-bond acceptors (Lipinski definition) is 11. The second-order valence-electron chi connectivity index (χ2n) is 12.2. The lowest BCUT2D eigenvalue weighted by Crippen LogP contribution is -2.47. The summed E-state index contributed by atoms with van der Waals surface area (Å²) in [6.07, 6.45) is -11.7. The van der Waals surface area contributed by atoms with E-state index in [0.29, 0.717) is 6.07 Å². The number of benzene rings is 5. The van der Waals surface area contributed by atoms with E-state index in [0.717, 1.165) is 22.7 Å². The average Bonchev–Trinajstić information content (AvgIpc) is 3.51. The van der Waals surface area contributed by atoms with Gasteiger partial charge in [0.1, 0.15) is 12.7 Å². The molecule has 0 radical (unpaired) electrons. The first kappa shape index (κ1) is 37.4. The zero-order valence-electron chi connectivity index (χ0n) is 28.1. The first-order valence-corrected chi connectivity index (χ1v) is 17.6. The van der Waals surface area contributed by atoms with Crippen molar-refractivity contribution in [3.05, 3.63) is 159 Å². The van der Waals surface area contributed by atoms with Crippen LogP contribution < -0.4 is 4.90 Å². The minimum atomic E-state index is -5.16. The molecule has 2 aliphatic rings. The summed E-state index contributed by atoms with van der Waals surface area (Å²) in [4.78, 5) is 52.6. The highest BCUT2D eigenvalue weighted by Gasteiger charge is 2.55. The number of nitro groups is 1. The van der Waals surface area contributed by atoms with Crippen molar-refractivity contribution >= 4 is 58.3 Å². The van der Waals surface area contributed by atoms with Crippen LogP contribution in [0.3, 0.4) is 0 Å². The number of ether oxygens (including phenoxy) is 4. The van der Waals surface area contributed by atoms with Crippen molar-refractivity contribution in [3.8, 4) is 0 Å². The van der Waals surface area contributed by atoms with Crippen molar-refractivity contribution in [1.29, 1.82) is 0 Å². The van der Waals surface area contributed by atoms with E-state index in [4.69, 9.17) is 30.5 Å². The molecule has 2 aliphatic heterocycles. The van der Waals surface area contributed by atoms with Gasteiger partial charge in [-0.05, 0) is 48.5 Å². The van der Waals surface area contributed by atoms with Gasteiger partial charge in [-0.3, -0.25) is 10.1 Å². The lowest BCUT2D eigenvalue weighted by Gasteiger charge is -2.40. The number of anilines is 2. The molecule has 55 heavy (non-hydrogen) atoms. The number of carbonyl (C=O) groups is 3. The average molecular weight is 791 g/mol. The molecule has 11 nitrogen and oxygen atoms in total. The van der Waals surface area contributed by atoms with E-state index in [9.17, 15) is 24.5 Å². The summed E-state index contributed by atoms with van der Waals surface area (Å²) < 4.78 is 69.1. The van der Waals surface area contributed by atoms with Gasteiger partial charge in [-0.15, -0.1) is 0 Å². The first-order valence-electron chi connectivity index (χ1n) is 16.5. The van der Waals surface area contributed by atoms with Crippen LogP contribution in [0.2, 0.25) is 5.02 Å². The summed E-state index contributed by atoms with van der Waals surface area (Å²) >= 11 is 7.53. The molecule has 5 aromatic carbocycles. The number of para-hydroxylation sites is 1. The van der Waals surface area contributed by atoms with Gasteiger partial charge in [0.15, 0.2) is 18.4 Å². The topological polar surface area (TPSA) is 135 Å². The lowest BCUT2D eigenvalue weighted by molar-refractivity contribution is -0.385. The lowest BCUT2D eigenvalue weighted by atomic mass is 10.0. The van der Waals surface area contributed by atoms with E-state index >= 15 is 13.2 Å². The summed E-state index contributed by atoms with van der Waals surface area (Å²) in [6.45, 7) is -0.617. The van der Waals surface area contributed by atoms with E-state index in [-0.39, 0.29) is 37.2 Å². The molecule has 5 aromatic rings. The first-order chi connectivity index (χ1) is 26.4. The molecule has 0 unspecified atom stereocenters. The van der Waals surface area contributed by atoms with Crippen molar-refractivity contribution in [2.24, 2.45) is 0 Å². The van der Waals surface area contributed by atoms with Gasteiger partial charge >= 0.3 is 24.1 Å². The molecule has 0 saturated carbocycles. The second kappa shape index (κ2) is 15.5. The maximum atomic E-state index is 15.0. The van der Waals surface area contributed by atoms with Gasteiger partial charge < -0.3 is 23.8 Å². The smallest absolute Gasteiger partial charge is 0.418 e. The van der Waals surface area contributed by atoms with Gasteiger partial charge in [0.25, 0.3) is 5.69 Å². The molecule has 0 bridgehead atoms. The summed E-state index contributed by atoms with van der Waals surface area (Å²) in [5.74, 6) is -2.65. The molecule has 4 atom stereocenters. The molecule has 0 aromatic heterocycles. The van der Waals surface area contributed by atoms with Crippen molar-refractivity contribution in [2.75, 3.05) is 11.5 Å². The van der Waals surface area contributed by atoms with Crippen molar-refractivity contribution in [3.63, 3.8) is 0 Å².